The molecule has 0 aromatic carbocycles. The quantitative estimate of drug-likeness (QED) is 0.365. The summed E-state index contributed by atoms with van der Waals surface area (Å²) >= 11 is 0. The molecule has 1 aliphatic rings. The van der Waals surface area contributed by atoms with Crippen molar-refractivity contribution in [3.63, 3.8) is 0 Å². The van der Waals surface area contributed by atoms with Crippen LogP contribution in [0.3, 0.4) is 0 Å². The number of hydrogen-bond acceptors (Lipinski definition) is 3. The third-order valence-corrected chi connectivity index (χ3v) is 1.98. The van der Waals surface area contributed by atoms with E-state index in [-0.39, 0.29) is 29.6 Å². The summed E-state index contributed by atoms with van der Waals surface area (Å²) in [5.41, 5.74) is 1.19. The van der Waals surface area contributed by atoms with Crippen LogP contribution in [0.5, 0.6) is 0 Å². The molecule has 3 nitrogen and oxygen atoms in total. The average molecular weight is 186 g/mol. The van der Waals surface area contributed by atoms with Crippen LogP contribution in [0.15, 0.2) is 18.3 Å². The third-order valence-electron chi connectivity index (χ3n) is 1.98. The molecule has 0 spiro atoms. The molecular formula is C9H11N2NaO. The van der Waals surface area contributed by atoms with E-state index in [0.29, 0.717) is 0 Å². The fraction of sp³-hybridized carbons (Fsp3) is 0.444. The fourth-order valence-corrected chi connectivity index (χ4v) is 1.33. The standard InChI is InChI=1S/C9H11N2O.Na/c1-3-10-4-2-9(1)11-5-7-12-8-6-11;/h1-3H,5-8H2;/q-1;+1. The second-order valence-electron chi connectivity index (χ2n) is 2.74. The van der Waals surface area contributed by atoms with Crippen molar-refractivity contribution in [2.24, 2.45) is 0 Å². The molecule has 2 heterocycles. The van der Waals surface area contributed by atoms with E-state index in [9.17, 15) is 0 Å². The number of hydrogen-bond donors (Lipinski definition) is 0. The molecular weight excluding hydrogens is 175 g/mol. The van der Waals surface area contributed by atoms with E-state index in [1.165, 1.54) is 5.69 Å². The Morgan fingerprint density at radius 1 is 1.38 bits per heavy atom. The number of morpholine rings is 1. The number of anilines is 1. The summed E-state index contributed by atoms with van der Waals surface area (Å²) in [5.74, 6) is 0. The van der Waals surface area contributed by atoms with Gasteiger partial charge in [0, 0.05) is 13.1 Å². The first-order valence-corrected chi connectivity index (χ1v) is 4.11. The Morgan fingerprint density at radius 3 is 2.77 bits per heavy atom. The molecule has 0 atom stereocenters. The molecule has 2 rings (SSSR count). The van der Waals surface area contributed by atoms with Crippen LogP contribution in [0.1, 0.15) is 0 Å². The van der Waals surface area contributed by atoms with Gasteiger partial charge >= 0.3 is 29.6 Å². The van der Waals surface area contributed by atoms with Crippen molar-refractivity contribution in [2.75, 3.05) is 31.2 Å². The molecule has 4 heteroatoms. The number of aromatic nitrogens is 1. The Labute approximate surface area is 100 Å². The Morgan fingerprint density at radius 2 is 2.15 bits per heavy atom. The summed E-state index contributed by atoms with van der Waals surface area (Å²) < 4.78 is 5.25. The second-order valence-corrected chi connectivity index (χ2v) is 2.74. The van der Waals surface area contributed by atoms with E-state index in [2.05, 4.69) is 16.1 Å². The number of pyridine rings is 1. The summed E-state index contributed by atoms with van der Waals surface area (Å²) in [6.07, 6.45) is 4.59. The van der Waals surface area contributed by atoms with Gasteiger partial charge in [-0.25, -0.2) is 0 Å². The van der Waals surface area contributed by atoms with Crippen LogP contribution in [-0.4, -0.2) is 31.3 Å². The molecule has 0 amide bonds. The van der Waals surface area contributed by atoms with Gasteiger partial charge in [0.05, 0.1) is 13.2 Å². The first kappa shape index (κ1) is 11.0. The van der Waals surface area contributed by atoms with Crippen LogP contribution in [-0.2, 0) is 4.74 Å². The molecule has 1 aromatic heterocycles. The number of ether oxygens (including phenoxy) is 1. The maximum absolute atomic E-state index is 5.25. The number of nitrogens with zero attached hydrogens (tertiary/aromatic N) is 2. The van der Waals surface area contributed by atoms with Crippen LogP contribution >= 0.6 is 0 Å². The summed E-state index contributed by atoms with van der Waals surface area (Å²) in [7, 11) is 0. The predicted molar refractivity (Wildman–Crippen MR) is 46.1 cm³/mol. The maximum Gasteiger partial charge on any atom is 1.00 e. The van der Waals surface area contributed by atoms with E-state index in [0.717, 1.165) is 26.3 Å². The fourth-order valence-electron chi connectivity index (χ4n) is 1.33. The van der Waals surface area contributed by atoms with Crippen molar-refractivity contribution in [2.45, 2.75) is 0 Å². The van der Waals surface area contributed by atoms with Crippen LogP contribution < -0.4 is 34.5 Å². The second kappa shape index (κ2) is 5.60. The minimum absolute atomic E-state index is 0. The minimum atomic E-state index is 0. The molecule has 0 unspecified atom stereocenters. The first-order chi connectivity index (χ1) is 5.97. The van der Waals surface area contributed by atoms with Gasteiger partial charge in [-0.05, 0) is 0 Å². The Hall–Kier alpha value is -0.0900. The Bertz CT molecular complexity index is 237. The van der Waals surface area contributed by atoms with Crippen LogP contribution in [0, 0.1) is 6.20 Å². The largest absolute Gasteiger partial charge is 1.00 e. The topological polar surface area (TPSA) is 25.4 Å². The first-order valence-electron chi connectivity index (χ1n) is 4.11. The molecule has 1 aromatic rings. The van der Waals surface area contributed by atoms with Gasteiger partial charge in [0.2, 0.25) is 0 Å². The van der Waals surface area contributed by atoms with Crippen molar-refractivity contribution in [1.82, 2.24) is 4.98 Å². The Kier molecular flexibility index (Phi) is 4.73. The smallest absolute Gasteiger partial charge is 0.419 e. The summed E-state index contributed by atoms with van der Waals surface area (Å²) in [5, 5.41) is 0. The molecule has 1 saturated heterocycles. The third kappa shape index (κ3) is 2.95. The van der Waals surface area contributed by atoms with Crippen LogP contribution in [0.2, 0.25) is 0 Å². The average Bonchev–Trinajstić information content (AvgIpc) is 2.21. The molecule has 0 aliphatic carbocycles. The Balaban J connectivity index is 0.000000845. The van der Waals surface area contributed by atoms with Crippen molar-refractivity contribution in [3.8, 4) is 0 Å². The van der Waals surface area contributed by atoms with Crippen molar-refractivity contribution < 1.29 is 34.3 Å². The van der Waals surface area contributed by atoms with Gasteiger partial charge in [-0.1, -0.05) is 18.1 Å². The van der Waals surface area contributed by atoms with Gasteiger partial charge in [-0.15, -0.1) is 12.1 Å². The van der Waals surface area contributed by atoms with E-state index >= 15 is 0 Å². The van der Waals surface area contributed by atoms with E-state index in [1.807, 2.05) is 12.1 Å². The van der Waals surface area contributed by atoms with Crippen LogP contribution in [0.4, 0.5) is 5.69 Å². The SMILES string of the molecule is [Na+].[c-]1cc(N2CCOCC2)ccn1. The summed E-state index contributed by atoms with van der Waals surface area (Å²) in [4.78, 5) is 6.14. The monoisotopic (exact) mass is 186 g/mol. The molecule has 1 fully saturated rings. The van der Waals surface area contributed by atoms with Gasteiger partial charge in [0.1, 0.15) is 0 Å². The predicted octanol–water partition coefficient (Wildman–Crippen LogP) is -2.28. The molecule has 64 valence electrons. The number of rotatable bonds is 1. The molecule has 0 saturated carbocycles. The van der Waals surface area contributed by atoms with Gasteiger partial charge < -0.3 is 14.6 Å². The van der Waals surface area contributed by atoms with Gasteiger partial charge in [-0.2, -0.15) is 0 Å². The summed E-state index contributed by atoms with van der Waals surface area (Å²) in [6.45, 7) is 3.58. The molecule has 1 aliphatic heterocycles. The van der Waals surface area contributed by atoms with Crippen molar-refractivity contribution in [3.05, 3.63) is 24.5 Å². The van der Waals surface area contributed by atoms with Gasteiger partial charge in [-0.3, -0.25) is 0 Å². The minimum Gasteiger partial charge on any atom is -0.419 e. The van der Waals surface area contributed by atoms with E-state index < -0.39 is 0 Å². The normalized spacial score (nSPS) is 16.5. The van der Waals surface area contributed by atoms with E-state index in [1.54, 1.807) is 6.20 Å². The molecule has 0 bridgehead atoms. The van der Waals surface area contributed by atoms with Crippen molar-refractivity contribution in [1.29, 1.82) is 0 Å². The van der Waals surface area contributed by atoms with Crippen LogP contribution in [0.25, 0.3) is 0 Å². The molecule has 0 radical (unpaired) electrons. The zero-order valence-electron chi connectivity index (χ0n) is 7.86. The van der Waals surface area contributed by atoms with Gasteiger partial charge in [0.15, 0.2) is 0 Å². The zero-order chi connectivity index (χ0) is 8.23. The van der Waals surface area contributed by atoms with Gasteiger partial charge in [0.25, 0.3) is 0 Å². The van der Waals surface area contributed by atoms with E-state index in [4.69, 9.17) is 4.74 Å². The zero-order valence-corrected chi connectivity index (χ0v) is 9.86. The molecule has 0 N–H and O–H groups in total. The van der Waals surface area contributed by atoms with Crippen molar-refractivity contribution >= 4 is 5.69 Å². The maximum atomic E-state index is 5.25. The molecule has 13 heavy (non-hydrogen) atoms. The summed E-state index contributed by atoms with van der Waals surface area (Å²) in [6, 6.07) is 3.91.